The lowest BCUT2D eigenvalue weighted by atomic mass is 10.3. The lowest BCUT2D eigenvalue weighted by Gasteiger charge is -2.08. The Labute approximate surface area is 96.1 Å². The average Bonchev–Trinajstić information content (AvgIpc) is 2.16. The van der Waals surface area contributed by atoms with Gasteiger partial charge in [-0.3, -0.25) is 4.72 Å². The number of hydrogen-bond donors (Lipinski definition) is 3. The van der Waals surface area contributed by atoms with Crippen molar-refractivity contribution in [2.45, 2.75) is 6.42 Å². The van der Waals surface area contributed by atoms with Gasteiger partial charge < -0.3 is 11.1 Å². The molecule has 0 radical (unpaired) electrons. The van der Waals surface area contributed by atoms with Crippen molar-refractivity contribution in [1.82, 2.24) is 0 Å². The van der Waals surface area contributed by atoms with Crippen LogP contribution in [0.25, 0.3) is 0 Å². The first kappa shape index (κ1) is 12.8. The molecule has 0 fully saturated rings. The van der Waals surface area contributed by atoms with E-state index in [0.717, 1.165) is 24.9 Å². The third-order valence-electron chi connectivity index (χ3n) is 1.88. The SMILES string of the molecule is CS(=O)(=O)Nc1cccc(NCCCN)c1. The molecule has 0 aliphatic rings. The lowest BCUT2D eigenvalue weighted by molar-refractivity contribution is 0.607. The highest BCUT2D eigenvalue weighted by Crippen LogP contribution is 2.15. The number of hydrogen-bond acceptors (Lipinski definition) is 4. The molecule has 0 spiro atoms. The Balaban J connectivity index is 2.64. The number of nitrogens with two attached hydrogens (primary N) is 1. The largest absolute Gasteiger partial charge is 0.385 e. The molecule has 1 rings (SSSR count). The van der Waals surface area contributed by atoms with Gasteiger partial charge in [-0.25, -0.2) is 8.42 Å². The summed E-state index contributed by atoms with van der Waals surface area (Å²) >= 11 is 0. The van der Waals surface area contributed by atoms with Crippen molar-refractivity contribution in [1.29, 1.82) is 0 Å². The van der Waals surface area contributed by atoms with Crippen LogP contribution >= 0.6 is 0 Å². The molecule has 0 aliphatic heterocycles. The van der Waals surface area contributed by atoms with Gasteiger partial charge in [-0.1, -0.05) is 6.07 Å². The van der Waals surface area contributed by atoms with Crippen LogP contribution in [0.5, 0.6) is 0 Å². The fraction of sp³-hybridized carbons (Fsp3) is 0.400. The molecule has 0 bridgehead atoms. The summed E-state index contributed by atoms with van der Waals surface area (Å²) in [6.07, 6.45) is 2.01. The second-order valence-electron chi connectivity index (χ2n) is 3.52. The normalized spacial score (nSPS) is 11.1. The lowest BCUT2D eigenvalue weighted by Crippen LogP contribution is -2.11. The Bertz CT molecular complexity index is 431. The number of sulfonamides is 1. The second kappa shape index (κ2) is 5.72. The molecule has 0 saturated heterocycles. The van der Waals surface area contributed by atoms with Gasteiger partial charge in [0.2, 0.25) is 10.0 Å². The van der Waals surface area contributed by atoms with Crippen LogP contribution in [0.1, 0.15) is 6.42 Å². The van der Waals surface area contributed by atoms with Crippen LogP contribution in [0.15, 0.2) is 24.3 Å². The Kier molecular flexibility index (Phi) is 4.57. The van der Waals surface area contributed by atoms with Gasteiger partial charge in [-0.05, 0) is 31.2 Å². The molecule has 6 heteroatoms. The third kappa shape index (κ3) is 4.99. The molecule has 0 unspecified atom stereocenters. The molecule has 1 aromatic carbocycles. The van der Waals surface area contributed by atoms with Crippen LogP contribution in [-0.4, -0.2) is 27.8 Å². The van der Waals surface area contributed by atoms with Gasteiger partial charge in [0.15, 0.2) is 0 Å². The first-order valence-corrected chi connectivity index (χ1v) is 6.92. The van der Waals surface area contributed by atoms with Gasteiger partial charge in [-0.15, -0.1) is 0 Å². The second-order valence-corrected chi connectivity index (χ2v) is 5.27. The minimum atomic E-state index is -3.22. The van der Waals surface area contributed by atoms with E-state index in [4.69, 9.17) is 5.73 Å². The van der Waals surface area contributed by atoms with Crippen molar-refractivity contribution in [3.8, 4) is 0 Å². The minimum absolute atomic E-state index is 0.556. The maximum Gasteiger partial charge on any atom is 0.229 e. The van der Waals surface area contributed by atoms with Crippen LogP contribution < -0.4 is 15.8 Å². The maximum absolute atomic E-state index is 11.0. The Hall–Kier alpha value is -1.27. The molecule has 1 aromatic rings. The van der Waals surface area contributed by atoms with Gasteiger partial charge in [0.05, 0.1) is 11.9 Å². The fourth-order valence-electron chi connectivity index (χ4n) is 1.24. The molecule has 4 N–H and O–H groups in total. The van der Waals surface area contributed by atoms with Crippen LogP contribution in [0.3, 0.4) is 0 Å². The Morgan fingerprint density at radius 2 is 2.00 bits per heavy atom. The highest BCUT2D eigenvalue weighted by Gasteiger charge is 2.01. The zero-order valence-corrected chi connectivity index (χ0v) is 10.0. The molecule has 0 aliphatic carbocycles. The topological polar surface area (TPSA) is 84.2 Å². The van der Waals surface area contributed by atoms with Crippen molar-refractivity contribution in [3.05, 3.63) is 24.3 Å². The summed E-state index contributed by atoms with van der Waals surface area (Å²) in [5, 5.41) is 3.16. The Morgan fingerprint density at radius 3 is 2.62 bits per heavy atom. The standard InChI is InChI=1S/C10H17N3O2S/c1-16(14,15)13-10-5-2-4-9(8-10)12-7-3-6-11/h2,4-5,8,12-13H,3,6-7,11H2,1H3. The molecule has 0 aromatic heterocycles. The molecular weight excluding hydrogens is 226 g/mol. The van der Waals surface area contributed by atoms with E-state index in [9.17, 15) is 8.42 Å². The van der Waals surface area contributed by atoms with E-state index >= 15 is 0 Å². The van der Waals surface area contributed by atoms with Crippen molar-refractivity contribution in [3.63, 3.8) is 0 Å². The smallest absolute Gasteiger partial charge is 0.229 e. The highest BCUT2D eigenvalue weighted by atomic mass is 32.2. The molecule has 0 saturated carbocycles. The highest BCUT2D eigenvalue weighted by molar-refractivity contribution is 7.92. The van der Waals surface area contributed by atoms with E-state index in [-0.39, 0.29) is 0 Å². The third-order valence-corrected chi connectivity index (χ3v) is 2.48. The average molecular weight is 243 g/mol. The fourth-order valence-corrected chi connectivity index (χ4v) is 1.80. The zero-order valence-electron chi connectivity index (χ0n) is 9.23. The molecular formula is C10H17N3O2S. The van der Waals surface area contributed by atoms with Crippen LogP contribution in [0, 0.1) is 0 Å². The van der Waals surface area contributed by atoms with E-state index in [0.29, 0.717) is 12.2 Å². The monoisotopic (exact) mass is 243 g/mol. The van der Waals surface area contributed by atoms with Crippen molar-refractivity contribution in [2.24, 2.45) is 5.73 Å². The molecule has 0 heterocycles. The van der Waals surface area contributed by atoms with Crippen molar-refractivity contribution < 1.29 is 8.42 Å². The van der Waals surface area contributed by atoms with Gasteiger partial charge >= 0.3 is 0 Å². The minimum Gasteiger partial charge on any atom is -0.385 e. The molecule has 0 atom stereocenters. The summed E-state index contributed by atoms with van der Waals surface area (Å²) in [6, 6.07) is 7.12. The molecule has 16 heavy (non-hydrogen) atoms. The zero-order chi connectivity index (χ0) is 12.0. The van der Waals surface area contributed by atoms with E-state index in [1.807, 2.05) is 6.07 Å². The molecule has 5 nitrogen and oxygen atoms in total. The molecule has 90 valence electrons. The van der Waals surface area contributed by atoms with E-state index < -0.39 is 10.0 Å². The predicted molar refractivity (Wildman–Crippen MR) is 67.1 cm³/mol. The first-order chi connectivity index (χ1) is 7.51. The first-order valence-electron chi connectivity index (χ1n) is 5.03. The predicted octanol–water partition coefficient (Wildman–Crippen LogP) is 0.819. The summed E-state index contributed by atoms with van der Waals surface area (Å²) in [7, 11) is -3.22. The van der Waals surface area contributed by atoms with Gasteiger partial charge in [0.25, 0.3) is 0 Å². The van der Waals surface area contributed by atoms with Crippen molar-refractivity contribution >= 4 is 21.4 Å². The molecule has 0 amide bonds. The summed E-state index contributed by atoms with van der Waals surface area (Å²) < 4.78 is 24.5. The van der Waals surface area contributed by atoms with Gasteiger partial charge in [0, 0.05) is 12.2 Å². The number of benzene rings is 1. The van der Waals surface area contributed by atoms with E-state index in [2.05, 4.69) is 10.0 Å². The van der Waals surface area contributed by atoms with E-state index in [1.54, 1.807) is 18.2 Å². The van der Waals surface area contributed by atoms with Crippen molar-refractivity contribution in [2.75, 3.05) is 29.4 Å². The number of rotatable bonds is 6. The van der Waals surface area contributed by atoms with Crippen LogP contribution in [0.4, 0.5) is 11.4 Å². The summed E-state index contributed by atoms with van der Waals surface area (Å²) in [6.45, 7) is 1.41. The number of nitrogens with one attached hydrogen (secondary N) is 2. The Morgan fingerprint density at radius 1 is 1.31 bits per heavy atom. The maximum atomic E-state index is 11.0. The van der Waals surface area contributed by atoms with Gasteiger partial charge in [0.1, 0.15) is 0 Å². The van der Waals surface area contributed by atoms with Crippen LogP contribution in [0.2, 0.25) is 0 Å². The quantitative estimate of drug-likeness (QED) is 0.646. The van der Waals surface area contributed by atoms with E-state index in [1.165, 1.54) is 0 Å². The van der Waals surface area contributed by atoms with Gasteiger partial charge in [-0.2, -0.15) is 0 Å². The summed E-state index contributed by atoms with van der Waals surface area (Å²) in [4.78, 5) is 0. The summed E-state index contributed by atoms with van der Waals surface area (Å²) in [5.41, 5.74) is 6.81. The summed E-state index contributed by atoms with van der Waals surface area (Å²) in [5.74, 6) is 0. The van der Waals surface area contributed by atoms with Crippen LogP contribution in [-0.2, 0) is 10.0 Å². The number of anilines is 2.